The summed E-state index contributed by atoms with van der Waals surface area (Å²) in [6.45, 7) is 3.18. The molecule has 0 fully saturated rings. The molecule has 0 saturated carbocycles. The largest absolute Gasteiger partial charge is 0.383 e. The lowest BCUT2D eigenvalue weighted by Gasteiger charge is -2.06. The second-order valence-electron chi connectivity index (χ2n) is 4.92. The van der Waals surface area contributed by atoms with Crippen molar-refractivity contribution in [1.29, 1.82) is 0 Å². The van der Waals surface area contributed by atoms with Crippen molar-refractivity contribution in [3.05, 3.63) is 43.7 Å². The Hall–Kier alpha value is -1.27. The van der Waals surface area contributed by atoms with E-state index in [1.807, 2.05) is 0 Å². The minimum atomic E-state index is -1.05. The molecule has 2 heterocycles. The van der Waals surface area contributed by atoms with Crippen molar-refractivity contribution in [3.63, 3.8) is 0 Å². The van der Waals surface area contributed by atoms with Gasteiger partial charge in [-0.05, 0) is 48.6 Å². The number of hydrogen-bond acceptors (Lipinski definition) is 5. The zero-order valence-corrected chi connectivity index (χ0v) is 16.1. The van der Waals surface area contributed by atoms with Gasteiger partial charge in [0.05, 0.1) is 19.2 Å². The molecule has 122 valence electrons. The van der Waals surface area contributed by atoms with Crippen LogP contribution in [0.3, 0.4) is 0 Å². The van der Waals surface area contributed by atoms with Gasteiger partial charge in [-0.15, -0.1) is 0 Å². The number of hydrogen-bond donors (Lipinski definition) is 3. The maximum Gasteiger partial charge on any atom is 0.139 e. The third-order valence-corrected chi connectivity index (χ3v) is 3.50. The third kappa shape index (κ3) is 7.70. The molecule has 0 unspecified atom stereocenters. The zero-order valence-electron chi connectivity index (χ0n) is 12.4. The van der Waals surface area contributed by atoms with Gasteiger partial charge in [0.15, 0.2) is 0 Å². The highest BCUT2D eigenvalue weighted by atomic mass is 127. The SMILES string of the molecule is CC(C)(O)C#Cc1cc(Cl)cnc1N.Nc1ncc(Cl)cc1I. The first-order valence-corrected chi connectivity index (χ1v) is 8.15. The van der Waals surface area contributed by atoms with E-state index in [1.165, 1.54) is 12.4 Å². The molecule has 0 saturated heterocycles. The standard InChI is InChI=1S/C10H11ClN2O.C5H4ClIN2/c1-10(2,14)4-3-7-5-8(11)6-13-9(7)12;6-3-1-4(7)5(8)9-2-3/h5-6,14H,1-2H3,(H2,12,13);1-2H,(H2,8,9). The Morgan fingerprint density at radius 3 is 2.09 bits per heavy atom. The number of halogens is 3. The summed E-state index contributed by atoms with van der Waals surface area (Å²) in [6.07, 6.45) is 2.98. The predicted molar refractivity (Wildman–Crippen MR) is 103 cm³/mol. The molecule has 8 heteroatoms. The summed E-state index contributed by atoms with van der Waals surface area (Å²) in [7, 11) is 0. The highest BCUT2D eigenvalue weighted by Gasteiger charge is 2.06. The summed E-state index contributed by atoms with van der Waals surface area (Å²) >= 11 is 13.4. The Kier molecular flexibility index (Phi) is 7.35. The zero-order chi connectivity index (χ0) is 17.6. The fourth-order valence-electron chi connectivity index (χ4n) is 1.20. The van der Waals surface area contributed by atoms with Crippen LogP contribution in [0.2, 0.25) is 10.0 Å². The molecule has 2 rings (SSSR count). The van der Waals surface area contributed by atoms with E-state index in [9.17, 15) is 5.11 Å². The summed E-state index contributed by atoms with van der Waals surface area (Å²) in [6, 6.07) is 3.38. The van der Waals surface area contributed by atoms with E-state index in [0.717, 1.165) is 3.57 Å². The van der Waals surface area contributed by atoms with Crippen LogP contribution < -0.4 is 11.5 Å². The van der Waals surface area contributed by atoms with Gasteiger partial charge in [0.2, 0.25) is 0 Å². The summed E-state index contributed by atoms with van der Waals surface area (Å²) < 4.78 is 0.889. The number of nitrogen functional groups attached to an aromatic ring is 2. The van der Waals surface area contributed by atoms with Crippen LogP contribution in [0.1, 0.15) is 19.4 Å². The van der Waals surface area contributed by atoms with E-state index in [1.54, 1.807) is 26.0 Å². The van der Waals surface area contributed by atoms with Crippen LogP contribution in [0.5, 0.6) is 0 Å². The van der Waals surface area contributed by atoms with Crippen LogP contribution in [0, 0.1) is 15.4 Å². The van der Waals surface area contributed by atoms with Gasteiger partial charge in [-0.25, -0.2) is 9.97 Å². The highest BCUT2D eigenvalue weighted by Crippen LogP contribution is 2.16. The van der Waals surface area contributed by atoms with Gasteiger partial charge in [-0.3, -0.25) is 0 Å². The molecule has 5 nitrogen and oxygen atoms in total. The maximum absolute atomic E-state index is 9.37. The van der Waals surface area contributed by atoms with Crippen LogP contribution in [0.25, 0.3) is 0 Å². The number of nitrogens with zero attached hydrogens (tertiary/aromatic N) is 2. The normalized spacial score (nSPS) is 10.2. The molecular weight excluding hydrogens is 450 g/mol. The third-order valence-electron chi connectivity index (χ3n) is 2.22. The van der Waals surface area contributed by atoms with Gasteiger partial charge in [0, 0.05) is 12.4 Å². The predicted octanol–water partition coefficient (Wildman–Crippen LogP) is 3.36. The lowest BCUT2D eigenvalue weighted by Crippen LogP contribution is -2.14. The molecule has 23 heavy (non-hydrogen) atoms. The second kappa shape index (κ2) is 8.55. The van der Waals surface area contributed by atoms with Crippen molar-refractivity contribution in [2.75, 3.05) is 11.5 Å². The smallest absolute Gasteiger partial charge is 0.139 e. The summed E-state index contributed by atoms with van der Waals surface area (Å²) in [4.78, 5) is 7.66. The lowest BCUT2D eigenvalue weighted by atomic mass is 10.1. The van der Waals surface area contributed by atoms with Crippen LogP contribution in [0.4, 0.5) is 11.6 Å². The summed E-state index contributed by atoms with van der Waals surface area (Å²) in [5, 5.41) is 10.5. The van der Waals surface area contributed by atoms with E-state index in [-0.39, 0.29) is 0 Å². The van der Waals surface area contributed by atoms with Gasteiger partial charge < -0.3 is 16.6 Å². The molecule has 0 amide bonds. The average Bonchev–Trinajstić information content (AvgIpc) is 2.44. The molecular formula is C15H15Cl2IN4O. The Bertz CT molecular complexity index is 751. The molecule has 0 radical (unpaired) electrons. The van der Waals surface area contributed by atoms with E-state index < -0.39 is 5.60 Å². The van der Waals surface area contributed by atoms with E-state index in [2.05, 4.69) is 44.4 Å². The number of pyridine rings is 2. The van der Waals surface area contributed by atoms with Crippen LogP contribution in [-0.2, 0) is 0 Å². The van der Waals surface area contributed by atoms with Crippen molar-refractivity contribution in [2.24, 2.45) is 0 Å². The van der Waals surface area contributed by atoms with Gasteiger partial charge in [0.1, 0.15) is 17.2 Å². The van der Waals surface area contributed by atoms with Crippen molar-refractivity contribution in [3.8, 4) is 11.8 Å². The Morgan fingerprint density at radius 2 is 1.61 bits per heavy atom. The molecule has 0 aliphatic rings. The molecule has 5 N–H and O–H groups in total. The van der Waals surface area contributed by atoms with Crippen molar-refractivity contribution >= 4 is 57.4 Å². The fraction of sp³-hybridized carbons (Fsp3) is 0.200. The Morgan fingerprint density at radius 1 is 1.09 bits per heavy atom. The first-order valence-electron chi connectivity index (χ1n) is 6.31. The number of anilines is 2. The van der Waals surface area contributed by atoms with Gasteiger partial charge >= 0.3 is 0 Å². The Labute approximate surface area is 158 Å². The number of aromatic nitrogens is 2. The first-order chi connectivity index (χ1) is 10.6. The molecule has 0 aromatic carbocycles. The van der Waals surface area contributed by atoms with E-state index in [0.29, 0.717) is 27.2 Å². The lowest BCUT2D eigenvalue weighted by molar-refractivity contribution is 0.143. The van der Waals surface area contributed by atoms with Crippen molar-refractivity contribution < 1.29 is 5.11 Å². The highest BCUT2D eigenvalue weighted by molar-refractivity contribution is 14.1. The van der Waals surface area contributed by atoms with Crippen molar-refractivity contribution in [2.45, 2.75) is 19.4 Å². The van der Waals surface area contributed by atoms with Gasteiger partial charge in [-0.2, -0.15) is 0 Å². The molecule has 2 aromatic rings. The fourth-order valence-corrected chi connectivity index (χ4v) is 2.17. The summed E-state index contributed by atoms with van der Waals surface area (Å²) in [5.74, 6) is 6.19. The molecule has 0 aliphatic carbocycles. The summed E-state index contributed by atoms with van der Waals surface area (Å²) in [5.41, 5.74) is 10.5. The second-order valence-corrected chi connectivity index (χ2v) is 6.95. The Balaban J connectivity index is 0.000000253. The number of nitrogens with two attached hydrogens (primary N) is 2. The van der Waals surface area contributed by atoms with Crippen molar-refractivity contribution in [1.82, 2.24) is 9.97 Å². The van der Waals surface area contributed by atoms with Gasteiger partial charge in [-0.1, -0.05) is 35.0 Å². The molecule has 0 aliphatic heterocycles. The molecule has 0 bridgehead atoms. The molecule has 0 atom stereocenters. The van der Waals surface area contributed by atoms with Gasteiger partial charge in [0.25, 0.3) is 0 Å². The maximum atomic E-state index is 9.37. The molecule has 0 spiro atoms. The van der Waals surface area contributed by atoms with Crippen LogP contribution in [-0.4, -0.2) is 20.7 Å². The van der Waals surface area contributed by atoms with E-state index >= 15 is 0 Å². The number of aliphatic hydroxyl groups is 1. The monoisotopic (exact) mass is 464 g/mol. The topological polar surface area (TPSA) is 98.0 Å². The first kappa shape index (κ1) is 19.8. The quantitative estimate of drug-likeness (QED) is 0.410. The van der Waals surface area contributed by atoms with Crippen LogP contribution in [0.15, 0.2) is 24.5 Å². The number of rotatable bonds is 0. The minimum absolute atomic E-state index is 0.311. The molecule has 2 aromatic heterocycles. The van der Waals surface area contributed by atoms with E-state index in [4.69, 9.17) is 34.7 Å². The average molecular weight is 465 g/mol. The minimum Gasteiger partial charge on any atom is -0.383 e. The van der Waals surface area contributed by atoms with Crippen LogP contribution >= 0.6 is 45.8 Å².